The van der Waals surface area contributed by atoms with Crippen molar-refractivity contribution < 1.29 is 9.90 Å². The van der Waals surface area contributed by atoms with Crippen molar-refractivity contribution in [3.8, 4) is 0 Å². The Bertz CT molecular complexity index is 203. The first-order valence-corrected chi connectivity index (χ1v) is 6.07. The zero-order valence-electron chi connectivity index (χ0n) is 11.0. The molecular weight excluding hydrogens is 204 g/mol. The van der Waals surface area contributed by atoms with Crippen molar-refractivity contribution in [1.29, 1.82) is 0 Å². The summed E-state index contributed by atoms with van der Waals surface area (Å²) in [5.74, 6) is 0.0314. The molecule has 0 radical (unpaired) electrons. The van der Waals surface area contributed by atoms with Gasteiger partial charge < -0.3 is 15.7 Å². The average molecular weight is 230 g/mol. The van der Waals surface area contributed by atoms with Crippen LogP contribution in [-0.4, -0.2) is 35.7 Å². The lowest BCUT2D eigenvalue weighted by atomic mass is 10.0. The molecule has 4 nitrogen and oxygen atoms in total. The van der Waals surface area contributed by atoms with E-state index in [1.807, 2.05) is 13.8 Å². The van der Waals surface area contributed by atoms with Crippen LogP contribution in [0, 0.1) is 0 Å². The van der Waals surface area contributed by atoms with Crippen molar-refractivity contribution in [1.82, 2.24) is 10.6 Å². The molecule has 0 aliphatic rings. The van der Waals surface area contributed by atoms with Gasteiger partial charge in [0.2, 0.25) is 5.91 Å². The third-order valence-electron chi connectivity index (χ3n) is 2.62. The highest BCUT2D eigenvalue weighted by Crippen LogP contribution is 2.05. The van der Waals surface area contributed by atoms with E-state index >= 15 is 0 Å². The molecule has 0 saturated heterocycles. The van der Waals surface area contributed by atoms with Gasteiger partial charge in [-0.25, -0.2) is 0 Å². The summed E-state index contributed by atoms with van der Waals surface area (Å²) < 4.78 is 0. The molecule has 0 aromatic heterocycles. The zero-order chi connectivity index (χ0) is 12.6. The molecule has 0 saturated carbocycles. The van der Waals surface area contributed by atoms with E-state index in [0.29, 0.717) is 6.54 Å². The summed E-state index contributed by atoms with van der Waals surface area (Å²) in [6.45, 7) is 8.97. The van der Waals surface area contributed by atoms with Crippen LogP contribution < -0.4 is 10.6 Å². The monoisotopic (exact) mass is 230 g/mol. The Morgan fingerprint density at radius 2 is 2.06 bits per heavy atom. The van der Waals surface area contributed by atoms with Crippen molar-refractivity contribution in [2.45, 2.75) is 58.6 Å². The van der Waals surface area contributed by atoms with Crippen LogP contribution in [-0.2, 0) is 4.79 Å². The van der Waals surface area contributed by atoms with Gasteiger partial charge >= 0.3 is 0 Å². The molecule has 1 amide bonds. The van der Waals surface area contributed by atoms with Crippen LogP contribution in [0.3, 0.4) is 0 Å². The first-order valence-electron chi connectivity index (χ1n) is 6.07. The molecule has 16 heavy (non-hydrogen) atoms. The first kappa shape index (κ1) is 15.4. The molecule has 4 heteroatoms. The lowest BCUT2D eigenvalue weighted by Gasteiger charge is -2.24. The number of carbonyl (C=O) groups excluding carboxylic acids is 1. The SMILES string of the molecule is CCC(C)(C)NC(=O)CNCCCC(C)O. The minimum Gasteiger partial charge on any atom is -0.393 e. The predicted octanol–water partition coefficient (Wildman–Crippen LogP) is 1.04. The summed E-state index contributed by atoms with van der Waals surface area (Å²) in [6, 6.07) is 0. The Balaban J connectivity index is 3.52. The Morgan fingerprint density at radius 3 is 2.56 bits per heavy atom. The van der Waals surface area contributed by atoms with E-state index in [0.717, 1.165) is 25.8 Å². The Labute approximate surface area is 98.8 Å². The highest BCUT2D eigenvalue weighted by Gasteiger charge is 2.16. The van der Waals surface area contributed by atoms with Crippen molar-refractivity contribution in [2.75, 3.05) is 13.1 Å². The molecule has 0 heterocycles. The molecule has 0 aliphatic carbocycles. The van der Waals surface area contributed by atoms with E-state index in [9.17, 15) is 4.79 Å². The zero-order valence-corrected chi connectivity index (χ0v) is 11.0. The molecular formula is C12H26N2O2. The second-order valence-electron chi connectivity index (χ2n) is 4.95. The van der Waals surface area contributed by atoms with Crippen LogP contribution in [0.4, 0.5) is 0 Å². The highest BCUT2D eigenvalue weighted by atomic mass is 16.3. The summed E-state index contributed by atoms with van der Waals surface area (Å²) in [7, 11) is 0. The van der Waals surface area contributed by atoms with Crippen LogP contribution in [0.1, 0.15) is 47.0 Å². The van der Waals surface area contributed by atoms with Crippen LogP contribution in [0.25, 0.3) is 0 Å². The Kier molecular flexibility index (Phi) is 7.34. The lowest BCUT2D eigenvalue weighted by molar-refractivity contribution is -0.121. The van der Waals surface area contributed by atoms with Crippen LogP contribution >= 0.6 is 0 Å². The fourth-order valence-electron chi connectivity index (χ4n) is 1.23. The van der Waals surface area contributed by atoms with Crippen LogP contribution in [0.2, 0.25) is 0 Å². The van der Waals surface area contributed by atoms with Crippen molar-refractivity contribution >= 4 is 5.91 Å². The lowest BCUT2D eigenvalue weighted by Crippen LogP contribution is -2.46. The molecule has 96 valence electrons. The molecule has 0 aromatic carbocycles. The number of nitrogens with one attached hydrogen (secondary N) is 2. The van der Waals surface area contributed by atoms with E-state index < -0.39 is 0 Å². The molecule has 1 unspecified atom stereocenters. The minimum atomic E-state index is -0.255. The summed E-state index contributed by atoms with van der Waals surface area (Å²) >= 11 is 0. The maximum atomic E-state index is 11.5. The third-order valence-corrected chi connectivity index (χ3v) is 2.62. The second kappa shape index (κ2) is 7.63. The molecule has 0 aromatic rings. The quantitative estimate of drug-likeness (QED) is 0.546. The molecule has 3 N–H and O–H groups in total. The number of rotatable bonds is 8. The van der Waals surface area contributed by atoms with E-state index in [1.165, 1.54) is 0 Å². The van der Waals surface area contributed by atoms with Gasteiger partial charge in [-0.2, -0.15) is 0 Å². The van der Waals surface area contributed by atoms with E-state index in [-0.39, 0.29) is 17.6 Å². The van der Waals surface area contributed by atoms with Crippen molar-refractivity contribution in [3.05, 3.63) is 0 Å². The van der Waals surface area contributed by atoms with Gasteiger partial charge in [0.15, 0.2) is 0 Å². The normalized spacial score (nSPS) is 13.6. The van der Waals surface area contributed by atoms with E-state index in [4.69, 9.17) is 5.11 Å². The fraction of sp³-hybridized carbons (Fsp3) is 0.917. The number of hydrogen-bond donors (Lipinski definition) is 3. The van der Waals surface area contributed by atoms with Crippen LogP contribution in [0.5, 0.6) is 0 Å². The van der Waals surface area contributed by atoms with Crippen LogP contribution in [0.15, 0.2) is 0 Å². The van der Waals surface area contributed by atoms with Gasteiger partial charge in [0, 0.05) is 5.54 Å². The number of amides is 1. The maximum Gasteiger partial charge on any atom is 0.234 e. The average Bonchev–Trinajstić information content (AvgIpc) is 2.16. The Hall–Kier alpha value is -0.610. The van der Waals surface area contributed by atoms with E-state index in [2.05, 4.69) is 17.6 Å². The molecule has 0 bridgehead atoms. The number of aliphatic hydroxyl groups is 1. The summed E-state index contributed by atoms with van der Waals surface area (Å²) in [6.07, 6.45) is 2.33. The summed E-state index contributed by atoms with van der Waals surface area (Å²) in [5.41, 5.74) is -0.127. The summed E-state index contributed by atoms with van der Waals surface area (Å²) in [5, 5.41) is 15.1. The first-order chi connectivity index (χ1) is 7.37. The molecule has 0 aliphatic heterocycles. The van der Waals surface area contributed by atoms with Crippen molar-refractivity contribution in [2.24, 2.45) is 0 Å². The molecule has 1 atom stereocenters. The minimum absolute atomic E-state index is 0.0314. The maximum absolute atomic E-state index is 11.5. The van der Waals surface area contributed by atoms with Gasteiger partial charge in [-0.3, -0.25) is 4.79 Å². The van der Waals surface area contributed by atoms with Gasteiger partial charge in [-0.05, 0) is 46.6 Å². The van der Waals surface area contributed by atoms with Gasteiger partial charge in [0.1, 0.15) is 0 Å². The van der Waals surface area contributed by atoms with E-state index in [1.54, 1.807) is 6.92 Å². The van der Waals surface area contributed by atoms with Gasteiger partial charge in [-0.15, -0.1) is 0 Å². The van der Waals surface area contributed by atoms with Gasteiger partial charge in [-0.1, -0.05) is 6.92 Å². The predicted molar refractivity (Wildman–Crippen MR) is 66.3 cm³/mol. The van der Waals surface area contributed by atoms with Gasteiger partial charge in [0.05, 0.1) is 12.6 Å². The smallest absolute Gasteiger partial charge is 0.234 e. The fourth-order valence-corrected chi connectivity index (χ4v) is 1.23. The number of hydrogen-bond acceptors (Lipinski definition) is 3. The van der Waals surface area contributed by atoms with Gasteiger partial charge in [0.25, 0.3) is 0 Å². The number of carbonyl (C=O) groups is 1. The second-order valence-corrected chi connectivity index (χ2v) is 4.95. The third kappa shape index (κ3) is 8.68. The highest BCUT2D eigenvalue weighted by molar-refractivity contribution is 5.78. The molecule has 0 spiro atoms. The largest absolute Gasteiger partial charge is 0.393 e. The Morgan fingerprint density at radius 1 is 1.44 bits per heavy atom. The van der Waals surface area contributed by atoms with Crippen molar-refractivity contribution in [3.63, 3.8) is 0 Å². The number of aliphatic hydroxyl groups excluding tert-OH is 1. The molecule has 0 fully saturated rings. The summed E-state index contributed by atoms with van der Waals surface area (Å²) in [4.78, 5) is 11.5. The standard InChI is InChI=1S/C12H26N2O2/c1-5-12(3,4)14-11(16)9-13-8-6-7-10(2)15/h10,13,15H,5-9H2,1-4H3,(H,14,16). The topological polar surface area (TPSA) is 61.4 Å². The molecule has 0 rings (SSSR count).